The number of anilines is 1. The summed E-state index contributed by atoms with van der Waals surface area (Å²) in [5, 5.41) is 3.95. The molecular weight excluding hydrogens is 342 g/mol. The van der Waals surface area contributed by atoms with Gasteiger partial charge in [-0.1, -0.05) is 18.2 Å². The number of hydrogen-bond acceptors (Lipinski definition) is 4. The fourth-order valence-electron chi connectivity index (χ4n) is 2.62. The van der Waals surface area contributed by atoms with E-state index in [1.807, 2.05) is 18.2 Å². The van der Waals surface area contributed by atoms with Crippen molar-refractivity contribution >= 4 is 15.7 Å². The maximum Gasteiger partial charge on any atom is 0.296 e. The lowest BCUT2D eigenvalue weighted by Crippen LogP contribution is -2.23. The van der Waals surface area contributed by atoms with Crippen LogP contribution in [0.5, 0.6) is 0 Å². The van der Waals surface area contributed by atoms with E-state index in [2.05, 4.69) is 9.82 Å². The average molecular weight is 361 g/mol. The lowest BCUT2D eigenvalue weighted by molar-refractivity contribution is 0.600. The third-order valence-corrected chi connectivity index (χ3v) is 5.72. The number of aromatic nitrogens is 4. The van der Waals surface area contributed by atoms with Crippen LogP contribution in [0.25, 0.3) is 5.69 Å². The minimum Gasteiger partial charge on any atom is -0.283 e. The molecule has 0 unspecified atom stereocenters. The Morgan fingerprint density at radius 1 is 1.04 bits per heavy atom. The Morgan fingerprint density at radius 2 is 1.68 bits per heavy atom. The van der Waals surface area contributed by atoms with Crippen LogP contribution >= 0.6 is 0 Å². The molecule has 0 atom stereocenters. The number of aryl methyl sites for hydroxylation is 1. The van der Waals surface area contributed by atoms with E-state index in [4.69, 9.17) is 0 Å². The predicted octanol–water partition coefficient (Wildman–Crippen LogP) is 1.33. The smallest absolute Gasteiger partial charge is 0.283 e. The van der Waals surface area contributed by atoms with Gasteiger partial charge >= 0.3 is 0 Å². The van der Waals surface area contributed by atoms with E-state index in [9.17, 15) is 13.2 Å². The number of hydrogen-bond donors (Lipinski definition) is 1. The molecule has 25 heavy (non-hydrogen) atoms. The maximum absolute atomic E-state index is 12.8. The second-order valence-electron chi connectivity index (χ2n) is 5.76. The highest BCUT2D eigenvalue weighted by Gasteiger charge is 2.25. The summed E-state index contributed by atoms with van der Waals surface area (Å²) in [5.74, 6) is 0. The highest BCUT2D eigenvalue weighted by molar-refractivity contribution is 7.92. The van der Waals surface area contributed by atoms with Crippen LogP contribution in [0.4, 0.5) is 5.69 Å². The molecule has 0 aliphatic carbocycles. The summed E-state index contributed by atoms with van der Waals surface area (Å²) in [4.78, 5) is 12.8. The zero-order valence-corrected chi connectivity index (χ0v) is 15.2. The molecule has 0 aliphatic rings. The van der Waals surface area contributed by atoms with E-state index in [0.717, 1.165) is 0 Å². The third kappa shape index (κ3) is 2.76. The Balaban J connectivity index is 2.11. The zero-order chi connectivity index (χ0) is 18.4. The molecule has 8 nitrogen and oxygen atoms in total. The lowest BCUT2D eigenvalue weighted by Gasteiger charge is -2.07. The number of nitrogens with one attached hydrogen (secondary N) is 1. The van der Waals surface area contributed by atoms with E-state index in [1.54, 1.807) is 44.8 Å². The Bertz CT molecular complexity index is 1090. The van der Waals surface area contributed by atoms with E-state index in [-0.39, 0.29) is 10.6 Å². The first-order valence-electron chi connectivity index (χ1n) is 7.59. The molecule has 3 rings (SSSR count). The van der Waals surface area contributed by atoms with Crippen molar-refractivity contribution < 1.29 is 8.42 Å². The van der Waals surface area contributed by atoms with Crippen molar-refractivity contribution in [2.75, 3.05) is 4.72 Å². The van der Waals surface area contributed by atoms with Gasteiger partial charge in [0.2, 0.25) is 0 Å². The van der Waals surface area contributed by atoms with Crippen LogP contribution in [0, 0.1) is 13.8 Å². The van der Waals surface area contributed by atoms with E-state index >= 15 is 0 Å². The van der Waals surface area contributed by atoms with Crippen LogP contribution in [0.2, 0.25) is 0 Å². The summed E-state index contributed by atoms with van der Waals surface area (Å²) in [7, 11) is -0.551. The molecule has 1 N–H and O–H groups in total. The lowest BCUT2D eigenvalue weighted by atomic mass is 10.3. The summed E-state index contributed by atoms with van der Waals surface area (Å²) in [6, 6.07) is 9.04. The van der Waals surface area contributed by atoms with Gasteiger partial charge in [0, 0.05) is 14.1 Å². The fraction of sp³-hybridized carbons (Fsp3) is 0.250. The summed E-state index contributed by atoms with van der Waals surface area (Å²) >= 11 is 0. The summed E-state index contributed by atoms with van der Waals surface area (Å²) < 4.78 is 32.3. The summed E-state index contributed by atoms with van der Waals surface area (Å²) in [6.45, 7) is 3.34. The quantitative estimate of drug-likeness (QED) is 0.759. The standard InChI is InChI=1S/C16H19N5O3S/c1-11-14(10-17-19(11)3)25(23,24)18-15-12(2)20(4)21(16(15)22)13-8-6-5-7-9-13/h5-10,18H,1-4H3. The fourth-order valence-corrected chi connectivity index (χ4v) is 3.94. The number of sulfonamides is 1. The van der Waals surface area contributed by atoms with Gasteiger partial charge in [-0.05, 0) is 26.0 Å². The average Bonchev–Trinajstić information content (AvgIpc) is 3.01. The Kier molecular flexibility index (Phi) is 4.03. The van der Waals surface area contributed by atoms with Crippen molar-refractivity contribution in [1.29, 1.82) is 0 Å². The topological polar surface area (TPSA) is 90.9 Å². The van der Waals surface area contributed by atoms with Crippen LogP contribution in [-0.4, -0.2) is 27.6 Å². The molecular formula is C16H19N5O3S. The van der Waals surface area contributed by atoms with Gasteiger partial charge in [0.25, 0.3) is 15.6 Å². The second kappa shape index (κ2) is 5.92. The molecule has 0 fully saturated rings. The van der Waals surface area contributed by atoms with Crippen LogP contribution in [-0.2, 0) is 24.1 Å². The molecule has 0 bridgehead atoms. The molecule has 0 saturated carbocycles. The van der Waals surface area contributed by atoms with Crippen molar-refractivity contribution in [1.82, 2.24) is 19.1 Å². The minimum absolute atomic E-state index is 0.0228. The van der Waals surface area contributed by atoms with Crippen LogP contribution in [0.1, 0.15) is 11.4 Å². The van der Waals surface area contributed by atoms with Gasteiger partial charge in [0.1, 0.15) is 10.6 Å². The van der Waals surface area contributed by atoms with Crippen molar-refractivity contribution in [3.05, 3.63) is 58.3 Å². The normalized spacial score (nSPS) is 11.7. The molecule has 3 aromatic rings. The maximum atomic E-state index is 12.8. The zero-order valence-electron chi connectivity index (χ0n) is 14.4. The van der Waals surface area contributed by atoms with Crippen molar-refractivity contribution in [3.8, 4) is 5.69 Å². The second-order valence-corrected chi connectivity index (χ2v) is 7.41. The van der Waals surface area contributed by atoms with Crippen LogP contribution < -0.4 is 10.3 Å². The van der Waals surface area contributed by atoms with Gasteiger partial charge < -0.3 is 0 Å². The Morgan fingerprint density at radius 3 is 2.24 bits per heavy atom. The Labute approximate surface area is 145 Å². The highest BCUT2D eigenvalue weighted by atomic mass is 32.2. The predicted molar refractivity (Wildman–Crippen MR) is 94.5 cm³/mol. The van der Waals surface area contributed by atoms with Crippen LogP contribution in [0.3, 0.4) is 0 Å². The summed E-state index contributed by atoms with van der Waals surface area (Å²) in [5.41, 5.74) is 1.25. The van der Waals surface area contributed by atoms with E-state index in [0.29, 0.717) is 17.1 Å². The molecule has 132 valence electrons. The monoisotopic (exact) mass is 361 g/mol. The van der Waals surface area contributed by atoms with Crippen molar-refractivity contribution in [2.24, 2.45) is 14.1 Å². The first-order valence-corrected chi connectivity index (χ1v) is 9.08. The van der Waals surface area contributed by atoms with Gasteiger partial charge in [-0.25, -0.2) is 13.1 Å². The molecule has 2 aromatic heterocycles. The van der Waals surface area contributed by atoms with Crippen molar-refractivity contribution in [3.63, 3.8) is 0 Å². The highest BCUT2D eigenvalue weighted by Crippen LogP contribution is 2.20. The van der Waals surface area contributed by atoms with Gasteiger partial charge in [-0.3, -0.25) is 18.9 Å². The van der Waals surface area contributed by atoms with Gasteiger partial charge in [0.05, 0.1) is 23.3 Å². The molecule has 1 aromatic carbocycles. The van der Waals surface area contributed by atoms with Gasteiger partial charge in [0.15, 0.2) is 0 Å². The molecule has 0 aliphatic heterocycles. The van der Waals surface area contributed by atoms with E-state index < -0.39 is 15.6 Å². The molecule has 0 spiro atoms. The largest absolute Gasteiger partial charge is 0.296 e. The van der Waals surface area contributed by atoms with Crippen molar-refractivity contribution in [2.45, 2.75) is 18.7 Å². The SMILES string of the molecule is Cc1c(S(=O)(=O)Nc2c(C)n(C)n(-c3ccccc3)c2=O)cnn1C. The molecule has 0 radical (unpaired) electrons. The molecule has 0 saturated heterocycles. The Hall–Kier alpha value is -2.81. The first-order chi connectivity index (χ1) is 11.7. The van der Waals surface area contributed by atoms with Gasteiger partial charge in [-0.15, -0.1) is 0 Å². The number of rotatable bonds is 4. The minimum atomic E-state index is -3.91. The molecule has 9 heteroatoms. The first kappa shape index (κ1) is 17.0. The number of benzene rings is 1. The number of para-hydroxylation sites is 1. The molecule has 2 heterocycles. The molecule has 0 amide bonds. The summed E-state index contributed by atoms with van der Waals surface area (Å²) in [6.07, 6.45) is 1.27. The number of nitrogens with zero attached hydrogens (tertiary/aromatic N) is 4. The third-order valence-electron chi connectivity index (χ3n) is 4.27. The van der Waals surface area contributed by atoms with Crippen LogP contribution in [0.15, 0.2) is 46.2 Å². The van der Waals surface area contributed by atoms with E-state index in [1.165, 1.54) is 15.6 Å². The van der Waals surface area contributed by atoms with Gasteiger partial charge in [-0.2, -0.15) is 5.10 Å².